The molecule has 0 N–H and O–H groups in total. The maximum absolute atomic E-state index is 3.80. The van der Waals surface area contributed by atoms with Gasteiger partial charge < -0.3 is 16.8 Å². The van der Waals surface area contributed by atoms with Crippen molar-refractivity contribution < 1.29 is 32.7 Å². The summed E-state index contributed by atoms with van der Waals surface area (Å²) in [5, 5.41) is 0. The standard InChI is InChI=1S/C6H9N.CH4.Y/c1-4-6(3)7-5-2;;/h1-3H3;1H4;/q-2;;. The van der Waals surface area contributed by atoms with Gasteiger partial charge in [0, 0.05) is 32.7 Å². The molecule has 0 aromatic heterocycles. The van der Waals surface area contributed by atoms with E-state index in [2.05, 4.69) is 17.3 Å². The first kappa shape index (κ1) is 16.3. The summed E-state index contributed by atoms with van der Waals surface area (Å²) in [5.74, 6) is 0. The maximum atomic E-state index is 3.80. The van der Waals surface area contributed by atoms with Crippen LogP contribution in [-0.2, 0) is 32.7 Å². The maximum Gasteiger partial charge on any atom is 0 e. The van der Waals surface area contributed by atoms with E-state index in [1.165, 1.54) is 0 Å². The van der Waals surface area contributed by atoms with Gasteiger partial charge in [0.15, 0.2) is 0 Å². The van der Waals surface area contributed by atoms with E-state index in [4.69, 9.17) is 0 Å². The fraction of sp³-hybridized carbons (Fsp3) is 0.571. The summed E-state index contributed by atoms with van der Waals surface area (Å²) in [7, 11) is 0. The summed E-state index contributed by atoms with van der Waals surface area (Å²) < 4.78 is 0. The van der Waals surface area contributed by atoms with E-state index in [1.807, 2.05) is 13.8 Å². The molecule has 0 rings (SSSR count). The van der Waals surface area contributed by atoms with Crippen molar-refractivity contribution in [3.63, 3.8) is 0 Å². The summed E-state index contributed by atoms with van der Waals surface area (Å²) in [5.41, 5.74) is 0.891. The Morgan fingerprint density at radius 1 is 1.33 bits per heavy atom. The van der Waals surface area contributed by atoms with Crippen LogP contribution < -0.4 is 0 Å². The van der Waals surface area contributed by atoms with E-state index in [1.54, 1.807) is 6.92 Å². The number of hydrogen-bond donors (Lipinski definition) is 0. The van der Waals surface area contributed by atoms with Gasteiger partial charge in [-0.2, -0.15) is 6.21 Å². The third-order valence-electron chi connectivity index (χ3n) is 0.641. The Balaban J connectivity index is -0.000000180. The molecule has 2 heteroatoms. The molecule has 0 saturated heterocycles. The van der Waals surface area contributed by atoms with Gasteiger partial charge in [-0.05, 0) is 0 Å². The first-order valence-electron chi connectivity index (χ1n) is 2.20. The Morgan fingerprint density at radius 2 is 1.78 bits per heavy atom. The summed E-state index contributed by atoms with van der Waals surface area (Å²) in [6.07, 6.45) is 5.50. The van der Waals surface area contributed by atoms with Crippen molar-refractivity contribution in [1.82, 2.24) is 0 Å². The Hall–Kier alpha value is 0.514. The van der Waals surface area contributed by atoms with Crippen LogP contribution in [0.2, 0.25) is 0 Å². The van der Waals surface area contributed by atoms with Crippen molar-refractivity contribution in [3.8, 4) is 0 Å². The van der Waals surface area contributed by atoms with Gasteiger partial charge in [0.1, 0.15) is 0 Å². The van der Waals surface area contributed by atoms with Gasteiger partial charge >= 0.3 is 0 Å². The van der Waals surface area contributed by atoms with E-state index in [9.17, 15) is 0 Å². The van der Waals surface area contributed by atoms with Gasteiger partial charge in [-0.25, -0.2) is 6.92 Å². The minimum atomic E-state index is 0. The average molecular weight is 200 g/mol. The van der Waals surface area contributed by atoms with Crippen molar-refractivity contribution in [2.75, 3.05) is 0 Å². The van der Waals surface area contributed by atoms with Crippen molar-refractivity contribution in [2.24, 2.45) is 4.99 Å². The quantitative estimate of drug-likeness (QED) is 0.455. The number of nitrogens with zero attached hydrogens (tertiary/aromatic N) is 1. The topological polar surface area (TPSA) is 12.4 Å². The van der Waals surface area contributed by atoms with Crippen LogP contribution >= 0.6 is 0 Å². The zero-order valence-corrected chi connectivity index (χ0v) is 8.36. The molecule has 0 unspecified atom stereocenters. The smallest absolute Gasteiger partial charge is 0 e. The van der Waals surface area contributed by atoms with Crippen molar-refractivity contribution in [2.45, 2.75) is 28.2 Å². The van der Waals surface area contributed by atoms with Crippen LogP contribution in [0.3, 0.4) is 0 Å². The fourth-order valence-electron chi connectivity index (χ4n) is 0.224. The SMILES string of the molecule is C.C[C-]=NC(C)=[C-]C.[Y]. The van der Waals surface area contributed by atoms with Gasteiger partial charge in [-0.15, -0.1) is 13.8 Å². The monoisotopic (exact) mass is 200 g/mol. The molecule has 0 aromatic carbocycles. The molecular weight excluding hydrogens is 187 g/mol. The van der Waals surface area contributed by atoms with Gasteiger partial charge in [-0.3, -0.25) is 0 Å². The minimum absolute atomic E-state index is 0. The summed E-state index contributed by atoms with van der Waals surface area (Å²) >= 11 is 0. The van der Waals surface area contributed by atoms with E-state index >= 15 is 0 Å². The number of aliphatic imine (C=N–C) groups is 1. The van der Waals surface area contributed by atoms with Gasteiger partial charge in [0.05, 0.1) is 0 Å². The number of allylic oxidation sites excluding steroid dienone is 2. The molecule has 0 heterocycles. The largest absolute Gasteiger partial charge is 0.584 e. The Morgan fingerprint density at radius 3 is 1.89 bits per heavy atom. The van der Waals surface area contributed by atoms with Gasteiger partial charge in [0.25, 0.3) is 0 Å². The Kier molecular flexibility index (Phi) is 20.5. The second-order valence-electron chi connectivity index (χ2n) is 1.17. The fourth-order valence-corrected chi connectivity index (χ4v) is 0.224. The molecule has 0 fully saturated rings. The van der Waals surface area contributed by atoms with E-state index < -0.39 is 0 Å². The second kappa shape index (κ2) is 11.3. The molecule has 51 valence electrons. The van der Waals surface area contributed by atoms with Crippen LogP contribution in [0.4, 0.5) is 0 Å². The average Bonchev–Trinajstić information content (AvgIpc) is 1.68. The van der Waals surface area contributed by atoms with Crippen LogP contribution in [0.1, 0.15) is 28.2 Å². The Labute approximate surface area is 83.5 Å². The van der Waals surface area contributed by atoms with E-state index in [-0.39, 0.29) is 40.1 Å². The predicted molar refractivity (Wildman–Crippen MR) is 37.9 cm³/mol. The first-order chi connectivity index (χ1) is 3.31. The third kappa shape index (κ3) is 11.9. The number of rotatable bonds is 1. The van der Waals surface area contributed by atoms with Crippen molar-refractivity contribution in [3.05, 3.63) is 11.8 Å². The molecule has 0 atom stereocenters. The summed E-state index contributed by atoms with van der Waals surface area (Å²) in [4.78, 5) is 3.80. The van der Waals surface area contributed by atoms with Crippen molar-refractivity contribution in [1.29, 1.82) is 0 Å². The van der Waals surface area contributed by atoms with Crippen LogP contribution in [0.5, 0.6) is 0 Å². The Bertz CT molecular complexity index is 95.1. The van der Waals surface area contributed by atoms with E-state index in [0.29, 0.717) is 0 Å². The predicted octanol–water partition coefficient (Wildman–Crippen LogP) is 2.31. The van der Waals surface area contributed by atoms with Crippen LogP contribution in [0.25, 0.3) is 0 Å². The molecule has 1 radical (unpaired) electrons. The summed E-state index contributed by atoms with van der Waals surface area (Å²) in [6, 6.07) is 0. The molecule has 0 aliphatic heterocycles. The molecular formula is C7H13NY-2. The molecule has 0 aromatic rings. The van der Waals surface area contributed by atoms with Crippen LogP contribution in [-0.4, -0.2) is 6.21 Å². The zero-order chi connectivity index (χ0) is 5.70. The molecule has 0 aliphatic rings. The van der Waals surface area contributed by atoms with Crippen molar-refractivity contribution >= 4 is 6.21 Å². The summed E-state index contributed by atoms with van der Waals surface area (Å²) in [6.45, 7) is 5.48. The zero-order valence-electron chi connectivity index (χ0n) is 5.52. The van der Waals surface area contributed by atoms with Crippen LogP contribution in [0.15, 0.2) is 10.7 Å². The minimum Gasteiger partial charge on any atom is -0.584 e. The third-order valence-corrected chi connectivity index (χ3v) is 0.641. The van der Waals surface area contributed by atoms with E-state index in [0.717, 1.165) is 5.70 Å². The second-order valence-corrected chi connectivity index (χ2v) is 1.17. The normalized spacial score (nSPS) is 10.3. The molecule has 0 bridgehead atoms. The van der Waals surface area contributed by atoms with Gasteiger partial charge in [0.2, 0.25) is 0 Å². The van der Waals surface area contributed by atoms with Gasteiger partial charge in [-0.1, -0.05) is 7.43 Å². The molecule has 0 amide bonds. The molecule has 0 spiro atoms. The first-order valence-corrected chi connectivity index (χ1v) is 2.20. The number of hydrogen-bond acceptors (Lipinski definition) is 1. The molecule has 9 heavy (non-hydrogen) atoms. The molecule has 0 aliphatic carbocycles. The van der Waals surface area contributed by atoms with Crippen LogP contribution in [0, 0.1) is 6.08 Å². The molecule has 0 saturated carbocycles. The molecule has 1 nitrogen and oxygen atoms in total.